The van der Waals surface area contributed by atoms with Gasteiger partial charge in [-0.15, -0.1) is 0 Å². The highest BCUT2D eigenvalue weighted by Crippen LogP contribution is 2.01. The average Bonchev–Trinajstić information content (AvgIpc) is 2.21. The van der Waals surface area contributed by atoms with Crippen LogP contribution < -0.4 is 11.2 Å². The Hall–Kier alpha value is -2.15. The molecular weight excluding hydrogens is 214 g/mol. The Morgan fingerprint density at radius 3 is 2.81 bits per heavy atom. The third-order valence-electron chi connectivity index (χ3n) is 1.57. The maximum absolute atomic E-state index is 11.2. The van der Waals surface area contributed by atoms with Crippen molar-refractivity contribution in [1.29, 1.82) is 0 Å². The molecule has 0 saturated heterocycles. The molecule has 7 nitrogen and oxygen atoms in total. The topological polar surface area (TPSA) is 115 Å². The Bertz CT molecular complexity index is 377. The van der Waals surface area contributed by atoms with Gasteiger partial charge in [-0.25, -0.2) is 10.3 Å². The maximum Gasteiger partial charge on any atom is 0.332 e. The van der Waals surface area contributed by atoms with Crippen LogP contribution in [0.3, 0.4) is 0 Å². The number of nitrogens with two attached hydrogens (primary N) is 1. The van der Waals surface area contributed by atoms with Gasteiger partial charge in [0, 0.05) is 5.69 Å². The summed E-state index contributed by atoms with van der Waals surface area (Å²) in [6.07, 6.45) is 1.43. The van der Waals surface area contributed by atoms with Gasteiger partial charge in [-0.2, -0.15) is 0 Å². The van der Waals surface area contributed by atoms with E-state index in [1.807, 2.05) is 5.48 Å². The lowest BCUT2D eigenvalue weighted by Crippen LogP contribution is -2.28. The molecule has 0 aliphatic rings. The van der Waals surface area contributed by atoms with Crippen molar-refractivity contribution in [2.24, 2.45) is 0 Å². The number of rotatable bonds is 5. The average molecular weight is 225 g/mol. The number of carboxylic acids is 1. The van der Waals surface area contributed by atoms with Crippen molar-refractivity contribution in [1.82, 2.24) is 10.5 Å². The van der Waals surface area contributed by atoms with Crippen LogP contribution in [0.5, 0.6) is 0 Å². The molecule has 1 heterocycles. The quantitative estimate of drug-likeness (QED) is 0.573. The number of hydroxylamine groups is 1. The summed E-state index contributed by atoms with van der Waals surface area (Å²) in [5, 5.41) is 8.24. The van der Waals surface area contributed by atoms with Gasteiger partial charge in [0.05, 0.1) is 18.3 Å². The molecule has 4 N–H and O–H groups in total. The summed E-state index contributed by atoms with van der Waals surface area (Å²) in [4.78, 5) is 29.6. The number of aliphatic carboxylic acids is 1. The van der Waals surface area contributed by atoms with Gasteiger partial charge in [-0.3, -0.25) is 14.6 Å². The van der Waals surface area contributed by atoms with Gasteiger partial charge in [0.1, 0.15) is 0 Å². The van der Waals surface area contributed by atoms with E-state index in [9.17, 15) is 9.59 Å². The van der Waals surface area contributed by atoms with Crippen LogP contribution in [0.1, 0.15) is 5.69 Å². The molecule has 86 valence electrons. The fourth-order valence-electron chi connectivity index (χ4n) is 0.919. The first kappa shape index (κ1) is 11.9. The summed E-state index contributed by atoms with van der Waals surface area (Å²) in [6, 6.07) is 3.22. The third kappa shape index (κ3) is 4.38. The number of anilines is 1. The second-order valence-corrected chi connectivity index (χ2v) is 2.97. The van der Waals surface area contributed by atoms with Crippen LogP contribution in [0.2, 0.25) is 0 Å². The van der Waals surface area contributed by atoms with E-state index >= 15 is 0 Å². The molecule has 0 saturated carbocycles. The van der Waals surface area contributed by atoms with Crippen LogP contribution in [0.4, 0.5) is 5.69 Å². The van der Waals surface area contributed by atoms with Gasteiger partial charge >= 0.3 is 5.97 Å². The Balaban J connectivity index is 2.34. The number of pyridine rings is 1. The molecule has 0 unspecified atom stereocenters. The summed E-state index contributed by atoms with van der Waals surface area (Å²) >= 11 is 0. The van der Waals surface area contributed by atoms with Gasteiger partial charge in [-0.1, -0.05) is 0 Å². The van der Waals surface area contributed by atoms with Crippen molar-refractivity contribution >= 4 is 17.6 Å². The number of nitrogen functional groups attached to an aromatic ring is 1. The summed E-state index contributed by atoms with van der Waals surface area (Å²) in [5.74, 6) is -1.63. The molecule has 1 rings (SSSR count). The van der Waals surface area contributed by atoms with E-state index < -0.39 is 18.5 Å². The number of amides is 1. The number of carbonyl (C=O) groups excluding carboxylic acids is 1. The Kier molecular flexibility index (Phi) is 4.22. The molecule has 0 aliphatic heterocycles. The minimum absolute atomic E-state index is 0.000100. The number of hydrogen-bond acceptors (Lipinski definition) is 5. The zero-order valence-corrected chi connectivity index (χ0v) is 8.34. The molecule has 1 amide bonds. The van der Waals surface area contributed by atoms with Crippen LogP contribution >= 0.6 is 0 Å². The molecule has 0 atom stereocenters. The second kappa shape index (κ2) is 5.66. The SMILES string of the molecule is Nc1ccc(CC(=O)NOCC(=O)O)nc1. The van der Waals surface area contributed by atoms with Crippen molar-refractivity contribution in [3.8, 4) is 0 Å². The summed E-state index contributed by atoms with van der Waals surface area (Å²) in [7, 11) is 0. The Labute approximate surface area is 91.2 Å². The first-order chi connectivity index (χ1) is 7.58. The van der Waals surface area contributed by atoms with Crippen molar-refractivity contribution in [3.05, 3.63) is 24.0 Å². The van der Waals surface area contributed by atoms with Gasteiger partial charge in [-0.05, 0) is 12.1 Å². The number of nitrogens with zero attached hydrogens (tertiary/aromatic N) is 1. The predicted molar refractivity (Wildman–Crippen MR) is 54.1 cm³/mol. The molecule has 0 bridgehead atoms. The lowest BCUT2D eigenvalue weighted by atomic mass is 10.2. The Morgan fingerprint density at radius 2 is 2.25 bits per heavy atom. The molecule has 0 radical (unpaired) electrons. The number of aromatic nitrogens is 1. The van der Waals surface area contributed by atoms with Gasteiger partial charge < -0.3 is 10.8 Å². The zero-order valence-electron chi connectivity index (χ0n) is 8.34. The largest absolute Gasteiger partial charge is 0.479 e. The highest BCUT2D eigenvalue weighted by Gasteiger charge is 2.05. The first-order valence-electron chi connectivity index (χ1n) is 4.41. The lowest BCUT2D eigenvalue weighted by Gasteiger charge is -2.03. The molecule has 7 heteroatoms. The summed E-state index contributed by atoms with van der Waals surface area (Å²) in [5.41, 5.74) is 8.43. The van der Waals surface area contributed by atoms with Crippen LogP contribution in [-0.2, 0) is 20.8 Å². The summed E-state index contributed by atoms with van der Waals surface area (Å²) < 4.78 is 0. The van der Waals surface area contributed by atoms with Crippen LogP contribution in [0, 0.1) is 0 Å². The van der Waals surface area contributed by atoms with Gasteiger partial charge in [0.25, 0.3) is 0 Å². The number of hydrogen-bond donors (Lipinski definition) is 3. The maximum atomic E-state index is 11.2. The van der Waals surface area contributed by atoms with Gasteiger partial charge in [0.2, 0.25) is 5.91 Å². The fourth-order valence-corrected chi connectivity index (χ4v) is 0.919. The molecule has 0 aliphatic carbocycles. The zero-order chi connectivity index (χ0) is 12.0. The molecule has 16 heavy (non-hydrogen) atoms. The predicted octanol–water partition coefficient (Wildman–Crippen LogP) is -0.661. The van der Waals surface area contributed by atoms with E-state index in [2.05, 4.69) is 9.82 Å². The molecular formula is C9H11N3O4. The van der Waals surface area contributed by atoms with E-state index in [0.29, 0.717) is 11.4 Å². The highest BCUT2D eigenvalue weighted by atomic mass is 16.7. The van der Waals surface area contributed by atoms with E-state index in [4.69, 9.17) is 10.8 Å². The molecule has 0 fully saturated rings. The van der Waals surface area contributed by atoms with Crippen molar-refractivity contribution < 1.29 is 19.5 Å². The smallest absolute Gasteiger partial charge is 0.332 e. The van der Waals surface area contributed by atoms with Crippen molar-refractivity contribution in [2.75, 3.05) is 12.3 Å². The first-order valence-corrected chi connectivity index (χ1v) is 4.41. The molecule has 1 aromatic heterocycles. The van der Waals surface area contributed by atoms with Gasteiger partial charge in [0.15, 0.2) is 6.61 Å². The molecule has 1 aromatic rings. The minimum atomic E-state index is -1.16. The number of nitrogens with one attached hydrogen (secondary N) is 1. The summed E-state index contributed by atoms with van der Waals surface area (Å²) in [6.45, 7) is -0.582. The van der Waals surface area contributed by atoms with Crippen LogP contribution in [0.15, 0.2) is 18.3 Å². The standard InChI is InChI=1S/C9H11N3O4/c10-6-1-2-7(11-4-6)3-8(13)12-16-5-9(14)15/h1-2,4H,3,5,10H2,(H,12,13)(H,14,15). The fraction of sp³-hybridized carbons (Fsp3) is 0.222. The van der Waals surface area contributed by atoms with E-state index in [-0.39, 0.29) is 6.42 Å². The highest BCUT2D eigenvalue weighted by molar-refractivity contribution is 5.77. The minimum Gasteiger partial charge on any atom is -0.479 e. The second-order valence-electron chi connectivity index (χ2n) is 2.97. The van der Waals surface area contributed by atoms with E-state index in [0.717, 1.165) is 0 Å². The Morgan fingerprint density at radius 1 is 1.50 bits per heavy atom. The van der Waals surface area contributed by atoms with Crippen LogP contribution in [-0.4, -0.2) is 28.6 Å². The van der Waals surface area contributed by atoms with E-state index in [1.54, 1.807) is 12.1 Å². The van der Waals surface area contributed by atoms with E-state index in [1.165, 1.54) is 6.20 Å². The van der Waals surface area contributed by atoms with Crippen molar-refractivity contribution in [2.45, 2.75) is 6.42 Å². The molecule has 0 spiro atoms. The van der Waals surface area contributed by atoms with Crippen molar-refractivity contribution in [3.63, 3.8) is 0 Å². The molecule has 0 aromatic carbocycles. The van der Waals surface area contributed by atoms with Crippen LogP contribution in [0.25, 0.3) is 0 Å². The third-order valence-corrected chi connectivity index (χ3v) is 1.57. The monoisotopic (exact) mass is 225 g/mol. The number of carbonyl (C=O) groups is 2. The lowest BCUT2D eigenvalue weighted by molar-refractivity contribution is -0.149. The normalized spacial score (nSPS) is 9.75. The number of carboxylic acid groups (broad SMARTS) is 1.